The highest BCUT2D eigenvalue weighted by Gasteiger charge is 2.47. The first-order valence-electron chi connectivity index (χ1n) is 8.36. The second-order valence-electron chi connectivity index (χ2n) is 7.40. The number of phenols is 1. The van der Waals surface area contributed by atoms with Crippen LogP contribution in [0.25, 0.3) is 0 Å². The molecule has 3 heteroatoms. The second kappa shape index (κ2) is 4.72. The largest absolute Gasteiger partial charge is 0.508 e. The van der Waals surface area contributed by atoms with Gasteiger partial charge in [0.15, 0.2) is 0 Å². The predicted molar refractivity (Wildman–Crippen MR) is 84.6 cm³/mol. The summed E-state index contributed by atoms with van der Waals surface area (Å²) in [6.07, 6.45) is 1.16. The summed E-state index contributed by atoms with van der Waals surface area (Å²) in [5.41, 5.74) is 3.97. The number of likely N-dealkylation sites (tertiary alicyclic amines) is 1. The third kappa shape index (κ3) is 1.87. The Morgan fingerprint density at radius 3 is 2.76 bits per heavy atom. The molecule has 1 aliphatic carbocycles. The lowest BCUT2D eigenvalue weighted by Gasteiger charge is -2.31. The number of phenolic OH excluding ortho intramolecular Hbond substituents is 1. The highest BCUT2D eigenvalue weighted by atomic mass is 16.3. The summed E-state index contributed by atoms with van der Waals surface area (Å²) in [6, 6.07) is 4.99. The highest BCUT2D eigenvalue weighted by Crippen LogP contribution is 2.51. The van der Waals surface area contributed by atoms with Crippen LogP contribution in [0.3, 0.4) is 0 Å². The fourth-order valence-corrected chi connectivity index (χ4v) is 5.22. The highest BCUT2D eigenvalue weighted by molar-refractivity contribution is 5.51. The third-order valence-corrected chi connectivity index (χ3v) is 6.27. The molecule has 114 valence electrons. The Labute approximate surface area is 127 Å². The molecule has 0 aromatic heterocycles. The Kier molecular flexibility index (Phi) is 3.05. The molecule has 1 aromatic carbocycles. The molecule has 0 spiro atoms. The minimum Gasteiger partial charge on any atom is -0.508 e. The molecule has 4 rings (SSSR count). The number of fused-ring (bicyclic) bond motifs is 2. The van der Waals surface area contributed by atoms with E-state index in [4.69, 9.17) is 0 Å². The molecule has 5 unspecified atom stereocenters. The van der Waals surface area contributed by atoms with Crippen molar-refractivity contribution in [3.63, 3.8) is 0 Å². The Morgan fingerprint density at radius 1 is 1.19 bits per heavy atom. The Balaban J connectivity index is 1.72. The Morgan fingerprint density at radius 2 is 2.00 bits per heavy atom. The number of nitrogens with one attached hydrogen (secondary N) is 1. The van der Waals surface area contributed by atoms with E-state index in [1.54, 1.807) is 0 Å². The van der Waals surface area contributed by atoms with Gasteiger partial charge in [0.1, 0.15) is 5.75 Å². The van der Waals surface area contributed by atoms with E-state index in [1.807, 2.05) is 6.07 Å². The van der Waals surface area contributed by atoms with Crippen LogP contribution in [0.5, 0.6) is 5.75 Å². The summed E-state index contributed by atoms with van der Waals surface area (Å²) in [7, 11) is 0. The van der Waals surface area contributed by atoms with E-state index < -0.39 is 0 Å². The van der Waals surface area contributed by atoms with Crippen molar-refractivity contribution in [1.82, 2.24) is 10.2 Å². The van der Waals surface area contributed by atoms with Gasteiger partial charge >= 0.3 is 0 Å². The first-order valence-corrected chi connectivity index (χ1v) is 8.36. The van der Waals surface area contributed by atoms with Gasteiger partial charge in [-0.3, -0.25) is 4.90 Å². The van der Waals surface area contributed by atoms with Gasteiger partial charge in [-0.25, -0.2) is 0 Å². The number of hydrogen-bond acceptors (Lipinski definition) is 3. The summed E-state index contributed by atoms with van der Waals surface area (Å²) in [6.45, 7) is 10.4. The molecule has 21 heavy (non-hydrogen) atoms. The van der Waals surface area contributed by atoms with E-state index in [-0.39, 0.29) is 0 Å². The summed E-state index contributed by atoms with van der Waals surface area (Å²) >= 11 is 0. The smallest absolute Gasteiger partial charge is 0.120 e. The zero-order valence-electron chi connectivity index (χ0n) is 13.3. The zero-order chi connectivity index (χ0) is 14.7. The Bertz CT molecular complexity index is 571. The molecular formula is C18H26N2O. The molecule has 2 fully saturated rings. The van der Waals surface area contributed by atoms with Crippen molar-refractivity contribution >= 4 is 0 Å². The summed E-state index contributed by atoms with van der Waals surface area (Å²) in [5.74, 6) is 2.65. The minimum atomic E-state index is 0.412. The fourth-order valence-electron chi connectivity index (χ4n) is 5.22. The maximum atomic E-state index is 10.5. The molecule has 0 bridgehead atoms. The van der Waals surface area contributed by atoms with Gasteiger partial charge in [-0.1, -0.05) is 13.0 Å². The van der Waals surface area contributed by atoms with E-state index in [9.17, 15) is 5.11 Å². The Hall–Kier alpha value is -1.06. The van der Waals surface area contributed by atoms with Crippen molar-refractivity contribution in [3.05, 3.63) is 28.8 Å². The standard InChI is InChI=1S/C18H26N2O/c1-10-4-5-16(21)18-15(6-11(2)17(10)18)20-9-13-7-19-8-14(13)12(20)3/h4-5,11-15,19,21H,6-9H2,1-3H3. The van der Waals surface area contributed by atoms with Gasteiger partial charge in [0.2, 0.25) is 0 Å². The first-order chi connectivity index (χ1) is 10.1. The van der Waals surface area contributed by atoms with Gasteiger partial charge in [-0.2, -0.15) is 0 Å². The van der Waals surface area contributed by atoms with Crippen LogP contribution < -0.4 is 5.32 Å². The van der Waals surface area contributed by atoms with Gasteiger partial charge in [0, 0.05) is 24.2 Å². The van der Waals surface area contributed by atoms with E-state index in [0.717, 1.165) is 24.8 Å². The molecule has 2 heterocycles. The first kappa shape index (κ1) is 13.6. The monoisotopic (exact) mass is 286 g/mol. The SMILES string of the molecule is Cc1ccc(O)c2c1C(C)CC2N1CC2CNCC2C1C. The van der Waals surface area contributed by atoms with Crippen LogP contribution in [-0.4, -0.2) is 35.7 Å². The summed E-state index contributed by atoms with van der Waals surface area (Å²) in [5, 5.41) is 14.0. The molecule has 2 aliphatic heterocycles. The predicted octanol–water partition coefficient (Wildman–Crippen LogP) is 2.79. The van der Waals surface area contributed by atoms with Crippen molar-refractivity contribution < 1.29 is 5.11 Å². The topological polar surface area (TPSA) is 35.5 Å². The van der Waals surface area contributed by atoms with Crippen molar-refractivity contribution in [3.8, 4) is 5.75 Å². The van der Waals surface area contributed by atoms with E-state index in [1.165, 1.54) is 29.8 Å². The van der Waals surface area contributed by atoms with Gasteiger partial charge in [-0.15, -0.1) is 0 Å². The lowest BCUT2D eigenvalue weighted by molar-refractivity contribution is 0.164. The van der Waals surface area contributed by atoms with Crippen LogP contribution in [0.15, 0.2) is 12.1 Å². The van der Waals surface area contributed by atoms with Gasteiger partial charge < -0.3 is 10.4 Å². The lowest BCUT2D eigenvalue weighted by atomic mass is 9.95. The number of aryl methyl sites for hydroxylation is 1. The van der Waals surface area contributed by atoms with Crippen LogP contribution in [0.2, 0.25) is 0 Å². The molecule has 0 amide bonds. The lowest BCUT2D eigenvalue weighted by Crippen LogP contribution is -2.35. The molecule has 2 saturated heterocycles. The number of aromatic hydroxyl groups is 1. The fraction of sp³-hybridized carbons (Fsp3) is 0.667. The van der Waals surface area contributed by atoms with Gasteiger partial charge in [-0.05, 0) is 68.3 Å². The zero-order valence-corrected chi connectivity index (χ0v) is 13.3. The minimum absolute atomic E-state index is 0.412. The maximum absolute atomic E-state index is 10.5. The van der Waals surface area contributed by atoms with Crippen LogP contribution in [0, 0.1) is 18.8 Å². The van der Waals surface area contributed by atoms with Crippen molar-refractivity contribution in [1.29, 1.82) is 0 Å². The van der Waals surface area contributed by atoms with Crippen LogP contribution in [0.1, 0.15) is 48.9 Å². The summed E-state index contributed by atoms with van der Waals surface area (Å²) in [4.78, 5) is 2.68. The summed E-state index contributed by atoms with van der Waals surface area (Å²) < 4.78 is 0. The quantitative estimate of drug-likeness (QED) is 0.833. The number of rotatable bonds is 1. The molecule has 3 aliphatic rings. The average molecular weight is 286 g/mol. The van der Waals surface area contributed by atoms with Crippen LogP contribution in [0.4, 0.5) is 0 Å². The molecule has 0 radical (unpaired) electrons. The number of nitrogens with zero attached hydrogens (tertiary/aromatic N) is 1. The van der Waals surface area contributed by atoms with Gasteiger partial charge in [0.25, 0.3) is 0 Å². The van der Waals surface area contributed by atoms with Crippen molar-refractivity contribution in [2.24, 2.45) is 11.8 Å². The normalized spacial score (nSPS) is 38.7. The maximum Gasteiger partial charge on any atom is 0.120 e. The van der Waals surface area contributed by atoms with Crippen LogP contribution >= 0.6 is 0 Å². The van der Waals surface area contributed by atoms with E-state index in [2.05, 4.69) is 37.1 Å². The molecular weight excluding hydrogens is 260 g/mol. The van der Waals surface area contributed by atoms with Crippen LogP contribution in [-0.2, 0) is 0 Å². The second-order valence-corrected chi connectivity index (χ2v) is 7.40. The molecule has 1 aromatic rings. The molecule has 5 atom stereocenters. The van der Waals surface area contributed by atoms with Crippen molar-refractivity contribution in [2.75, 3.05) is 19.6 Å². The average Bonchev–Trinajstić information content (AvgIpc) is 3.10. The molecule has 2 N–H and O–H groups in total. The van der Waals surface area contributed by atoms with Crippen molar-refractivity contribution in [2.45, 2.75) is 45.2 Å². The van der Waals surface area contributed by atoms with E-state index >= 15 is 0 Å². The molecule has 0 saturated carbocycles. The van der Waals surface area contributed by atoms with Gasteiger partial charge in [0.05, 0.1) is 0 Å². The number of benzene rings is 1. The molecule has 3 nitrogen and oxygen atoms in total. The number of hydrogen-bond donors (Lipinski definition) is 2. The van der Waals surface area contributed by atoms with E-state index in [0.29, 0.717) is 23.8 Å². The third-order valence-electron chi connectivity index (χ3n) is 6.27.